The van der Waals surface area contributed by atoms with Gasteiger partial charge in [-0.2, -0.15) is 0 Å². The Balaban J connectivity index is 1.91. The standard InChI is InChI=1S/C17H19N/c1-2-7-15-12(4-1)8-9-13-5-3-6-14-10-18-11-16(15)17(13)14/h3,5,9,11,18H,1-2,4,6-8,10H2. The van der Waals surface area contributed by atoms with E-state index in [0.717, 1.165) is 13.0 Å². The topological polar surface area (TPSA) is 12.0 Å². The summed E-state index contributed by atoms with van der Waals surface area (Å²) >= 11 is 0. The number of nitrogens with one attached hydrogen (secondary N) is 1. The maximum Gasteiger partial charge on any atom is 0.0367 e. The summed E-state index contributed by atoms with van der Waals surface area (Å²) < 4.78 is 0. The van der Waals surface area contributed by atoms with Crippen LogP contribution in [0.4, 0.5) is 0 Å². The monoisotopic (exact) mass is 237 g/mol. The van der Waals surface area contributed by atoms with Crippen molar-refractivity contribution in [1.82, 2.24) is 5.32 Å². The Labute approximate surface area is 109 Å². The molecule has 0 radical (unpaired) electrons. The molecule has 0 unspecified atom stereocenters. The first-order valence-electron chi connectivity index (χ1n) is 7.18. The van der Waals surface area contributed by atoms with Crippen LogP contribution in [0.25, 0.3) is 0 Å². The van der Waals surface area contributed by atoms with E-state index in [0.29, 0.717) is 0 Å². The Morgan fingerprint density at radius 2 is 1.94 bits per heavy atom. The normalized spacial score (nSPS) is 25.8. The van der Waals surface area contributed by atoms with E-state index in [4.69, 9.17) is 0 Å². The predicted molar refractivity (Wildman–Crippen MR) is 75.1 cm³/mol. The second kappa shape index (κ2) is 4.01. The Hall–Kier alpha value is -1.50. The molecule has 4 aliphatic rings. The van der Waals surface area contributed by atoms with Crippen molar-refractivity contribution in [2.45, 2.75) is 38.5 Å². The van der Waals surface area contributed by atoms with E-state index in [9.17, 15) is 0 Å². The molecule has 0 saturated carbocycles. The SMILES string of the molecule is C1=CC2=CCC3=C(CCCC3)C3=CNCC(=C23)C1. The lowest BCUT2D eigenvalue weighted by molar-refractivity contribution is 0.667. The van der Waals surface area contributed by atoms with Gasteiger partial charge >= 0.3 is 0 Å². The molecule has 0 bridgehead atoms. The van der Waals surface area contributed by atoms with E-state index in [1.807, 2.05) is 0 Å². The third kappa shape index (κ3) is 1.46. The van der Waals surface area contributed by atoms with Crippen LogP contribution in [-0.4, -0.2) is 6.54 Å². The summed E-state index contributed by atoms with van der Waals surface area (Å²) in [5, 5.41) is 3.49. The molecule has 0 atom stereocenters. The van der Waals surface area contributed by atoms with Gasteiger partial charge in [0.25, 0.3) is 0 Å². The minimum Gasteiger partial charge on any atom is -0.387 e. The minimum absolute atomic E-state index is 1.03. The van der Waals surface area contributed by atoms with E-state index in [1.54, 1.807) is 22.3 Å². The van der Waals surface area contributed by atoms with Crippen molar-refractivity contribution in [2.24, 2.45) is 0 Å². The molecule has 1 aliphatic heterocycles. The zero-order valence-corrected chi connectivity index (χ0v) is 10.8. The molecule has 1 N–H and O–H groups in total. The highest BCUT2D eigenvalue weighted by atomic mass is 14.8. The third-order valence-electron chi connectivity index (χ3n) is 4.61. The fourth-order valence-electron chi connectivity index (χ4n) is 3.73. The molecule has 92 valence electrons. The molecule has 0 spiro atoms. The largest absolute Gasteiger partial charge is 0.387 e. The van der Waals surface area contributed by atoms with Crippen molar-refractivity contribution in [2.75, 3.05) is 6.54 Å². The average molecular weight is 237 g/mol. The number of dihydropyridines is 1. The maximum atomic E-state index is 3.49. The first-order chi connectivity index (χ1) is 8.93. The molecule has 0 aromatic carbocycles. The maximum absolute atomic E-state index is 3.49. The van der Waals surface area contributed by atoms with E-state index in [1.165, 1.54) is 43.3 Å². The van der Waals surface area contributed by atoms with Crippen molar-refractivity contribution < 1.29 is 0 Å². The summed E-state index contributed by atoms with van der Waals surface area (Å²) in [6.07, 6.45) is 17.0. The number of rotatable bonds is 0. The second-order valence-corrected chi connectivity index (χ2v) is 5.68. The number of hydrogen-bond donors (Lipinski definition) is 1. The van der Waals surface area contributed by atoms with E-state index in [-0.39, 0.29) is 0 Å². The zero-order chi connectivity index (χ0) is 11.9. The highest BCUT2D eigenvalue weighted by Gasteiger charge is 2.27. The molecule has 0 aromatic rings. The molecule has 18 heavy (non-hydrogen) atoms. The summed E-state index contributed by atoms with van der Waals surface area (Å²) in [5.41, 5.74) is 9.47. The minimum atomic E-state index is 1.03. The fraction of sp³-hybridized carbons (Fsp3) is 0.412. The van der Waals surface area contributed by atoms with Gasteiger partial charge in [0.15, 0.2) is 0 Å². The Bertz CT molecular complexity index is 552. The zero-order valence-electron chi connectivity index (χ0n) is 10.8. The van der Waals surface area contributed by atoms with Crippen LogP contribution in [0.5, 0.6) is 0 Å². The van der Waals surface area contributed by atoms with Crippen LogP contribution in [0, 0.1) is 0 Å². The Kier molecular flexibility index (Phi) is 2.32. The molecule has 3 aliphatic carbocycles. The molecule has 1 heteroatoms. The van der Waals surface area contributed by atoms with Crippen molar-refractivity contribution in [3.05, 3.63) is 57.9 Å². The molecule has 0 aromatic heterocycles. The van der Waals surface area contributed by atoms with E-state index >= 15 is 0 Å². The Morgan fingerprint density at radius 3 is 2.94 bits per heavy atom. The molecular weight excluding hydrogens is 218 g/mol. The van der Waals surface area contributed by atoms with E-state index in [2.05, 4.69) is 29.7 Å². The van der Waals surface area contributed by atoms with Gasteiger partial charge in [-0.3, -0.25) is 0 Å². The molecule has 1 heterocycles. The van der Waals surface area contributed by atoms with Crippen LogP contribution >= 0.6 is 0 Å². The number of fused-ring (bicyclic) bond motifs is 1. The van der Waals surface area contributed by atoms with Crippen LogP contribution in [0.3, 0.4) is 0 Å². The van der Waals surface area contributed by atoms with Gasteiger partial charge in [-0.15, -0.1) is 0 Å². The van der Waals surface area contributed by atoms with Crippen molar-refractivity contribution >= 4 is 0 Å². The second-order valence-electron chi connectivity index (χ2n) is 5.68. The van der Waals surface area contributed by atoms with E-state index < -0.39 is 0 Å². The fourth-order valence-corrected chi connectivity index (χ4v) is 3.73. The lowest BCUT2D eigenvalue weighted by Gasteiger charge is -2.28. The van der Waals surface area contributed by atoms with Crippen molar-refractivity contribution in [1.29, 1.82) is 0 Å². The van der Waals surface area contributed by atoms with Gasteiger partial charge in [-0.05, 0) is 60.8 Å². The summed E-state index contributed by atoms with van der Waals surface area (Å²) in [5.74, 6) is 0. The van der Waals surface area contributed by atoms with Crippen LogP contribution in [0.2, 0.25) is 0 Å². The average Bonchev–Trinajstić information content (AvgIpc) is 2.60. The van der Waals surface area contributed by atoms with Gasteiger partial charge in [-0.25, -0.2) is 0 Å². The molecule has 4 rings (SSSR count). The Morgan fingerprint density at radius 1 is 1.00 bits per heavy atom. The van der Waals surface area contributed by atoms with Gasteiger partial charge in [-0.1, -0.05) is 23.8 Å². The summed E-state index contributed by atoms with van der Waals surface area (Å²) in [6.45, 7) is 1.03. The van der Waals surface area contributed by atoms with Gasteiger partial charge in [0.1, 0.15) is 0 Å². The highest BCUT2D eigenvalue weighted by molar-refractivity contribution is 5.66. The lowest BCUT2D eigenvalue weighted by atomic mass is 9.80. The highest BCUT2D eigenvalue weighted by Crippen LogP contribution is 2.43. The lowest BCUT2D eigenvalue weighted by Crippen LogP contribution is -2.21. The summed E-state index contributed by atoms with van der Waals surface area (Å²) in [4.78, 5) is 0. The number of allylic oxidation sites excluding steroid dienone is 8. The predicted octanol–water partition coefficient (Wildman–Crippen LogP) is 3.93. The first kappa shape index (κ1) is 10.4. The smallest absolute Gasteiger partial charge is 0.0367 e. The number of hydrogen-bond acceptors (Lipinski definition) is 1. The third-order valence-corrected chi connectivity index (χ3v) is 4.61. The van der Waals surface area contributed by atoms with Gasteiger partial charge < -0.3 is 5.32 Å². The van der Waals surface area contributed by atoms with Gasteiger partial charge in [0, 0.05) is 18.3 Å². The van der Waals surface area contributed by atoms with Crippen LogP contribution in [0.1, 0.15) is 38.5 Å². The van der Waals surface area contributed by atoms with Crippen molar-refractivity contribution in [3.8, 4) is 0 Å². The van der Waals surface area contributed by atoms with Crippen molar-refractivity contribution in [3.63, 3.8) is 0 Å². The van der Waals surface area contributed by atoms with Gasteiger partial charge in [0.05, 0.1) is 0 Å². The molecule has 0 saturated heterocycles. The molecule has 0 amide bonds. The van der Waals surface area contributed by atoms with Crippen LogP contribution in [-0.2, 0) is 0 Å². The first-order valence-corrected chi connectivity index (χ1v) is 7.18. The summed E-state index contributed by atoms with van der Waals surface area (Å²) in [7, 11) is 0. The van der Waals surface area contributed by atoms with Gasteiger partial charge in [0.2, 0.25) is 0 Å². The quantitative estimate of drug-likeness (QED) is 0.673. The summed E-state index contributed by atoms with van der Waals surface area (Å²) in [6, 6.07) is 0. The molecule has 0 fully saturated rings. The molecular formula is C17H19N. The van der Waals surface area contributed by atoms with Crippen LogP contribution < -0.4 is 5.32 Å². The molecule has 1 nitrogen and oxygen atoms in total. The van der Waals surface area contributed by atoms with Crippen LogP contribution in [0.15, 0.2) is 57.9 Å².